The van der Waals surface area contributed by atoms with Crippen LogP contribution in [0.3, 0.4) is 0 Å². The number of amides is 1. The van der Waals surface area contributed by atoms with E-state index >= 15 is 0 Å². The van der Waals surface area contributed by atoms with Crippen LogP contribution in [0, 0.1) is 0 Å². The first kappa shape index (κ1) is 9.63. The van der Waals surface area contributed by atoms with Crippen LogP contribution in [0.4, 0.5) is 5.95 Å². The maximum absolute atomic E-state index is 11.2. The Labute approximate surface area is 76.1 Å². The van der Waals surface area contributed by atoms with E-state index in [0.717, 1.165) is 19.3 Å². The first-order chi connectivity index (χ1) is 6.33. The van der Waals surface area contributed by atoms with Crippen molar-refractivity contribution in [2.45, 2.75) is 32.6 Å². The Hall–Kier alpha value is -1.46. The first-order valence-electron chi connectivity index (χ1n) is 4.36. The van der Waals surface area contributed by atoms with Gasteiger partial charge < -0.3 is 0 Å². The summed E-state index contributed by atoms with van der Waals surface area (Å²) < 4.78 is 0. The maximum atomic E-state index is 11.2. The summed E-state index contributed by atoms with van der Waals surface area (Å²) in [6, 6.07) is 0. The molecule has 13 heavy (non-hydrogen) atoms. The number of aromatic amines is 1. The zero-order valence-electron chi connectivity index (χ0n) is 7.58. The van der Waals surface area contributed by atoms with E-state index < -0.39 is 0 Å². The molecule has 0 atom stereocenters. The van der Waals surface area contributed by atoms with Gasteiger partial charge in [0.05, 0.1) is 0 Å². The minimum Gasteiger partial charge on any atom is -0.292 e. The molecule has 0 saturated heterocycles. The molecule has 2 N–H and O–H groups in total. The van der Waals surface area contributed by atoms with Gasteiger partial charge in [0, 0.05) is 6.42 Å². The molecule has 1 rings (SSSR count). The van der Waals surface area contributed by atoms with Crippen molar-refractivity contribution in [1.29, 1.82) is 0 Å². The zero-order valence-corrected chi connectivity index (χ0v) is 7.58. The van der Waals surface area contributed by atoms with Gasteiger partial charge in [-0.05, 0) is 11.6 Å². The molecule has 0 radical (unpaired) electrons. The average molecular weight is 183 g/mol. The lowest BCUT2D eigenvalue weighted by molar-refractivity contribution is -0.116. The third-order valence-electron chi connectivity index (χ3n) is 1.60. The Bertz CT molecular complexity index is 245. The Morgan fingerprint density at radius 3 is 3.00 bits per heavy atom. The maximum Gasteiger partial charge on any atom is 0.269 e. The Kier molecular flexibility index (Phi) is 3.87. The highest BCUT2D eigenvalue weighted by Crippen LogP contribution is 2.00. The van der Waals surface area contributed by atoms with Crippen molar-refractivity contribution in [3.8, 4) is 0 Å². The largest absolute Gasteiger partial charge is 0.292 e. The van der Waals surface area contributed by atoms with Crippen LogP contribution in [0.5, 0.6) is 0 Å². The van der Waals surface area contributed by atoms with Crippen LogP contribution in [-0.4, -0.2) is 26.5 Å². The number of hydrogen-bond donors (Lipinski definition) is 2. The lowest BCUT2D eigenvalue weighted by Gasteiger charge is -1.98. The van der Waals surface area contributed by atoms with E-state index in [2.05, 4.69) is 32.9 Å². The number of nitrogens with zero attached hydrogens (tertiary/aromatic N) is 3. The van der Waals surface area contributed by atoms with Gasteiger partial charge in [-0.15, -0.1) is 5.10 Å². The summed E-state index contributed by atoms with van der Waals surface area (Å²) in [7, 11) is 0. The SMILES string of the molecule is CCCCCC(=O)Nc1nn[nH]n1. The second-order valence-electron chi connectivity index (χ2n) is 2.74. The minimum atomic E-state index is -0.0603. The monoisotopic (exact) mass is 183 g/mol. The van der Waals surface area contributed by atoms with E-state index in [1.165, 1.54) is 0 Å². The molecule has 0 fully saturated rings. The number of tetrazole rings is 1. The molecule has 0 aliphatic heterocycles. The molecule has 0 aliphatic rings. The van der Waals surface area contributed by atoms with Crippen LogP contribution >= 0.6 is 0 Å². The third kappa shape index (κ3) is 3.64. The van der Waals surface area contributed by atoms with Gasteiger partial charge in [-0.3, -0.25) is 10.1 Å². The molecule has 1 amide bonds. The van der Waals surface area contributed by atoms with Gasteiger partial charge in [-0.1, -0.05) is 24.9 Å². The highest BCUT2D eigenvalue weighted by atomic mass is 16.1. The van der Waals surface area contributed by atoms with E-state index in [1.54, 1.807) is 0 Å². The lowest BCUT2D eigenvalue weighted by atomic mass is 10.2. The quantitative estimate of drug-likeness (QED) is 0.659. The van der Waals surface area contributed by atoms with E-state index in [4.69, 9.17) is 0 Å². The minimum absolute atomic E-state index is 0.0603. The molecule has 6 heteroatoms. The van der Waals surface area contributed by atoms with Crippen molar-refractivity contribution in [3.63, 3.8) is 0 Å². The van der Waals surface area contributed by atoms with Gasteiger partial charge in [-0.2, -0.15) is 5.21 Å². The highest BCUT2D eigenvalue weighted by molar-refractivity contribution is 5.88. The predicted molar refractivity (Wildman–Crippen MR) is 46.9 cm³/mol. The Morgan fingerprint density at radius 2 is 2.38 bits per heavy atom. The van der Waals surface area contributed by atoms with Crippen LogP contribution in [0.2, 0.25) is 0 Å². The standard InChI is InChI=1S/C7H13N5O/c1-2-3-4-5-6(13)8-7-9-11-12-10-7/h2-5H2,1H3,(H2,8,9,10,11,12,13). The van der Waals surface area contributed by atoms with Crippen molar-refractivity contribution in [2.24, 2.45) is 0 Å². The summed E-state index contributed by atoms with van der Waals surface area (Å²) in [5.74, 6) is 0.177. The van der Waals surface area contributed by atoms with Gasteiger partial charge in [-0.25, -0.2) is 0 Å². The molecule has 72 valence electrons. The van der Waals surface area contributed by atoms with Gasteiger partial charge in [0.15, 0.2) is 0 Å². The molecule has 0 unspecified atom stereocenters. The molecular weight excluding hydrogens is 170 g/mol. The normalized spacial score (nSPS) is 9.92. The second-order valence-corrected chi connectivity index (χ2v) is 2.74. The first-order valence-corrected chi connectivity index (χ1v) is 4.36. The molecule has 1 aromatic heterocycles. The number of nitrogens with one attached hydrogen (secondary N) is 2. The van der Waals surface area contributed by atoms with Crippen LogP contribution in [-0.2, 0) is 4.79 Å². The molecule has 0 spiro atoms. The fourth-order valence-corrected chi connectivity index (χ4v) is 0.938. The zero-order chi connectivity index (χ0) is 9.52. The number of H-pyrrole nitrogens is 1. The molecule has 0 bridgehead atoms. The van der Waals surface area contributed by atoms with Gasteiger partial charge in [0.2, 0.25) is 5.91 Å². The van der Waals surface area contributed by atoms with E-state index in [-0.39, 0.29) is 11.9 Å². The smallest absolute Gasteiger partial charge is 0.269 e. The number of anilines is 1. The lowest BCUT2D eigenvalue weighted by Crippen LogP contribution is -2.12. The van der Waals surface area contributed by atoms with E-state index in [1.807, 2.05) is 0 Å². The highest BCUT2D eigenvalue weighted by Gasteiger charge is 2.03. The van der Waals surface area contributed by atoms with Crippen LogP contribution in [0.1, 0.15) is 32.6 Å². The molecule has 6 nitrogen and oxygen atoms in total. The van der Waals surface area contributed by atoms with Crippen molar-refractivity contribution < 1.29 is 4.79 Å². The summed E-state index contributed by atoms with van der Waals surface area (Å²) in [4.78, 5) is 11.2. The van der Waals surface area contributed by atoms with Crippen LogP contribution in [0.25, 0.3) is 0 Å². The predicted octanol–water partition coefficient (Wildman–Crippen LogP) is 0.718. The van der Waals surface area contributed by atoms with Gasteiger partial charge in [0.1, 0.15) is 0 Å². The summed E-state index contributed by atoms with van der Waals surface area (Å²) in [6.45, 7) is 2.09. The molecule has 0 aromatic carbocycles. The topological polar surface area (TPSA) is 83.6 Å². The second kappa shape index (κ2) is 5.23. The number of hydrogen-bond acceptors (Lipinski definition) is 4. The Morgan fingerprint density at radius 1 is 1.54 bits per heavy atom. The molecular formula is C7H13N5O. The van der Waals surface area contributed by atoms with Crippen molar-refractivity contribution >= 4 is 11.9 Å². The van der Waals surface area contributed by atoms with Gasteiger partial charge in [0.25, 0.3) is 5.95 Å². The van der Waals surface area contributed by atoms with Crippen molar-refractivity contribution in [1.82, 2.24) is 20.6 Å². The van der Waals surface area contributed by atoms with Crippen molar-refractivity contribution in [2.75, 3.05) is 5.32 Å². The molecule has 1 aromatic rings. The number of carbonyl (C=O) groups excluding carboxylic acids is 1. The Balaban J connectivity index is 2.18. The fraction of sp³-hybridized carbons (Fsp3) is 0.714. The molecule has 0 saturated carbocycles. The van der Waals surface area contributed by atoms with Crippen molar-refractivity contribution in [3.05, 3.63) is 0 Å². The summed E-state index contributed by atoms with van der Waals surface area (Å²) >= 11 is 0. The third-order valence-corrected chi connectivity index (χ3v) is 1.60. The number of aromatic nitrogens is 4. The average Bonchev–Trinajstić information content (AvgIpc) is 2.57. The summed E-state index contributed by atoms with van der Waals surface area (Å²) in [6.07, 6.45) is 3.59. The van der Waals surface area contributed by atoms with Gasteiger partial charge >= 0.3 is 0 Å². The summed E-state index contributed by atoms with van der Waals surface area (Å²) in [5, 5.41) is 15.3. The molecule has 0 aliphatic carbocycles. The van der Waals surface area contributed by atoms with E-state index in [9.17, 15) is 4.79 Å². The number of carbonyl (C=O) groups is 1. The number of rotatable bonds is 5. The number of unbranched alkanes of at least 4 members (excludes halogenated alkanes) is 2. The van der Waals surface area contributed by atoms with E-state index in [0.29, 0.717) is 6.42 Å². The summed E-state index contributed by atoms with van der Waals surface area (Å²) in [5.41, 5.74) is 0. The fourth-order valence-electron chi connectivity index (χ4n) is 0.938. The van der Waals surface area contributed by atoms with Crippen LogP contribution in [0.15, 0.2) is 0 Å². The molecule has 1 heterocycles. The van der Waals surface area contributed by atoms with Crippen LogP contribution < -0.4 is 5.32 Å².